The number of piperazine rings is 1. The minimum absolute atomic E-state index is 0.0102. The second-order valence-electron chi connectivity index (χ2n) is 24.6. The highest BCUT2D eigenvalue weighted by Crippen LogP contribution is 2.54. The Morgan fingerprint density at radius 3 is 2.42 bits per heavy atom. The van der Waals surface area contributed by atoms with E-state index in [4.69, 9.17) is 29.3 Å². The van der Waals surface area contributed by atoms with Gasteiger partial charge in [0.2, 0.25) is 17.7 Å². The number of aromatic amines is 2. The predicted octanol–water partition coefficient (Wildman–Crippen LogP) is 7.53. The molecule has 4 saturated heterocycles. The lowest BCUT2D eigenvalue weighted by atomic mass is 9.88. The van der Waals surface area contributed by atoms with Gasteiger partial charge in [-0.25, -0.2) is 4.39 Å². The molecule has 5 aliphatic rings. The zero-order valence-electron chi connectivity index (χ0n) is 49.7. The fourth-order valence-corrected chi connectivity index (χ4v) is 14.0. The average Bonchev–Trinajstić information content (AvgIpc) is 1.32. The largest absolute Gasteiger partial charge is 0.486 e. The Bertz CT molecular complexity index is 4280. The van der Waals surface area contributed by atoms with Gasteiger partial charge in [-0.1, -0.05) is 50.2 Å². The van der Waals surface area contributed by atoms with Crippen LogP contribution >= 0.6 is 0 Å². The van der Waals surface area contributed by atoms with Gasteiger partial charge in [0, 0.05) is 103 Å². The summed E-state index contributed by atoms with van der Waals surface area (Å²) in [6.45, 7) is 11.5. The summed E-state index contributed by atoms with van der Waals surface area (Å²) >= 11 is 0. The molecule has 5 N–H and O–H groups in total. The number of β-amino-alcohol motifs (C(OH)–C–C–N with tert-alkyl or cyclic N) is 1. The smallest absolute Gasteiger partial charge is 0.319 e. The van der Waals surface area contributed by atoms with Gasteiger partial charge in [0.15, 0.2) is 11.3 Å². The molecule has 23 heteroatoms. The van der Waals surface area contributed by atoms with Crippen molar-refractivity contribution in [1.82, 2.24) is 59.8 Å². The number of pyridine rings is 1. The number of halogens is 1. The minimum atomic E-state index is -1.05. The molecule has 3 amide bonds. The van der Waals surface area contributed by atoms with Crippen LogP contribution in [0.1, 0.15) is 106 Å². The molecule has 456 valence electrons. The van der Waals surface area contributed by atoms with Gasteiger partial charge in [0.1, 0.15) is 41.9 Å². The summed E-state index contributed by atoms with van der Waals surface area (Å²) in [4.78, 5) is 75.1. The van der Waals surface area contributed by atoms with Gasteiger partial charge < -0.3 is 49.4 Å². The van der Waals surface area contributed by atoms with Crippen LogP contribution in [0.25, 0.3) is 66.0 Å². The molecule has 22 nitrogen and oxygen atoms in total. The molecule has 9 aromatic rings. The lowest BCUT2D eigenvalue weighted by Crippen LogP contribution is -2.50. The molecule has 0 spiro atoms. The first-order chi connectivity index (χ1) is 42.6. The molecule has 0 radical (unpaired) electrons. The number of H-pyrrole nitrogens is 2. The predicted molar refractivity (Wildman–Crippen MR) is 326 cm³/mol. The van der Waals surface area contributed by atoms with Crippen molar-refractivity contribution >= 4 is 67.2 Å². The third-order valence-corrected chi connectivity index (χ3v) is 18.6. The summed E-state index contributed by atoms with van der Waals surface area (Å²) in [6, 6.07) is 16.1. The van der Waals surface area contributed by atoms with Gasteiger partial charge >= 0.3 is 6.01 Å². The maximum atomic E-state index is 16.3. The number of hydrogen-bond donors (Lipinski definition) is 5. The molecule has 1 saturated carbocycles. The van der Waals surface area contributed by atoms with E-state index >= 15 is 4.39 Å². The summed E-state index contributed by atoms with van der Waals surface area (Å²) in [6.07, 6.45) is 7.89. The SMILES string of the molecule is CCn1nccc1-c1ccc([C@H](CO)NC(=O)[C@@H]2C[C@@H](O)CN2C(=O)[C@H](C(C)C)n2cc3c(n2)c(=O)[nH]c2cc(COc4c(-c5c(C)c(F)cc6[nH]ncc56)c(C5CC5)cc5c(N6C[C@@H]7C[C@H]6CN7C(C)=O)nc(OC6CCOCC6)nc45)ccc23)cc1. The zero-order chi connectivity index (χ0) is 60.8. The van der Waals surface area contributed by atoms with Gasteiger partial charge in [0.25, 0.3) is 5.56 Å². The van der Waals surface area contributed by atoms with E-state index in [1.54, 1.807) is 32.4 Å². The van der Waals surface area contributed by atoms with E-state index in [0.29, 0.717) is 112 Å². The number of anilines is 1. The Kier molecular flexibility index (Phi) is 14.7. The number of ether oxygens (including phenoxy) is 3. The standard InChI is InChI=1S/C65H70FN13O9/c1-6-78-53(15-18-68-78)39-12-10-38(11-13-39)52(31-80)70-62(83)54-23-42(82)29-77(54)64(85)59(33(2)3)79-30-48-44-14-7-36(21-50(44)69-63(84)58(48)74-79)32-87-60-56(55-34(4)49(66)25-51-47(55)26-67-73-51)45(37-8-9-37)24-46-57(60)71-65(88-43-16-19-86-20-17-43)72-61(46)76-28-40-22-41(76)27-75(40)35(5)81/h7,10-15,18,21,24-26,30,33,37,40-43,52,54,59,80,82H,6,8-9,16-17,19-20,22-23,27-29,31-32H2,1-5H3,(H,67,73)(H,69,84)(H,70,83)/t40-,41-,42+,52-,54-,59-/m0/s1. The number of aryl methyl sites for hydroxylation is 1. The number of benzene rings is 4. The maximum Gasteiger partial charge on any atom is 0.319 e. The number of nitrogens with one attached hydrogen (secondary N) is 3. The van der Waals surface area contributed by atoms with E-state index in [-0.39, 0.29) is 67.0 Å². The monoisotopic (exact) mass is 1200 g/mol. The van der Waals surface area contributed by atoms with E-state index in [0.717, 1.165) is 46.9 Å². The number of carbonyl (C=O) groups is 3. The molecular formula is C65H70FN13O9. The van der Waals surface area contributed by atoms with E-state index in [1.807, 2.05) is 78.9 Å². The Morgan fingerprint density at radius 1 is 0.886 bits per heavy atom. The molecular weight excluding hydrogens is 1130 g/mol. The first-order valence-corrected chi connectivity index (χ1v) is 30.6. The zero-order valence-corrected chi connectivity index (χ0v) is 49.7. The summed E-state index contributed by atoms with van der Waals surface area (Å²) in [5.74, 6) is -0.481. The van der Waals surface area contributed by atoms with E-state index < -0.39 is 54.0 Å². The third-order valence-electron chi connectivity index (χ3n) is 18.6. The molecule has 1 aliphatic carbocycles. The average molecular weight is 1200 g/mol. The highest BCUT2D eigenvalue weighted by Gasteiger charge is 2.47. The number of fused-ring (bicyclic) bond motifs is 7. The number of amides is 3. The number of aliphatic hydroxyl groups excluding tert-OH is 2. The van der Waals surface area contributed by atoms with Crippen LogP contribution in [0.15, 0.2) is 84.0 Å². The van der Waals surface area contributed by atoms with E-state index in [9.17, 15) is 29.4 Å². The van der Waals surface area contributed by atoms with Crippen LogP contribution in [-0.2, 0) is 32.3 Å². The number of nitrogens with zero attached hydrogens (tertiary/aromatic N) is 10. The summed E-state index contributed by atoms with van der Waals surface area (Å²) in [5, 5.41) is 43.6. The van der Waals surface area contributed by atoms with Gasteiger partial charge in [-0.2, -0.15) is 25.3 Å². The molecule has 0 unspecified atom stereocenters. The van der Waals surface area contributed by atoms with E-state index in [2.05, 4.69) is 36.6 Å². The number of carbonyl (C=O) groups excluding carboxylic acids is 3. The Morgan fingerprint density at radius 2 is 1.69 bits per heavy atom. The Hall–Kier alpha value is -8.80. The molecule has 6 atom stereocenters. The van der Waals surface area contributed by atoms with Crippen molar-refractivity contribution in [2.45, 2.75) is 135 Å². The van der Waals surface area contributed by atoms with Crippen LogP contribution in [-0.4, -0.2) is 152 Å². The van der Waals surface area contributed by atoms with Gasteiger partial charge in [-0.3, -0.25) is 33.6 Å². The number of aliphatic hydroxyl groups is 2. The van der Waals surface area contributed by atoms with Crippen LogP contribution in [0, 0.1) is 18.7 Å². The number of likely N-dealkylation sites (tertiary alicyclic amines) is 2. The van der Waals surface area contributed by atoms with Crippen LogP contribution in [0.3, 0.4) is 0 Å². The van der Waals surface area contributed by atoms with Crippen molar-refractivity contribution in [3.63, 3.8) is 0 Å². The summed E-state index contributed by atoms with van der Waals surface area (Å²) in [5.41, 5.74) is 7.08. The van der Waals surface area contributed by atoms with Crippen LogP contribution in [0.4, 0.5) is 10.2 Å². The van der Waals surface area contributed by atoms with E-state index in [1.165, 1.54) is 15.6 Å². The maximum absolute atomic E-state index is 16.3. The van der Waals surface area contributed by atoms with Gasteiger partial charge in [-0.15, -0.1) is 0 Å². The molecule has 9 heterocycles. The van der Waals surface area contributed by atoms with Gasteiger partial charge in [-0.05, 0) is 97.0 Å². The third kappa shape index (κ3) is 10.1. The molecule has 5 fully saturated rings. The van der Waals surface area contributed by atoms with Crippen LogP contribution < -0.4 is 25.2 Å². The molecule has 88 heavy (non-hydrogen) atoms. The molecule has 4 aliphatic heterocycles. The fraction of sp³-hybridized carbons (Fsp3) is 0.431. The van der Waals surface area contributed by atoms with Crippen molar-refractivity contribution in [1.29, 1.82) is 0 Å². The lowest BCUT2D eigenvalue weighted by molar-refractivity contribution is -0.142. The topological polar surface area (TPSA) is 264 Å². The van der Waals surface area contributed by atoms with Crippen molar-refractivity contribution in [2.24, 2.45) is 5.92 Å². The van der Waals surface area contributed by atoms with Crippen molar-refractivity contribution in [2.75, 3.05) is 44.4 Å². The molecule has 4 aromatic carbocycles. The highest BCUT2D eigenvalue weighted by atomic mass is 19.1. The summed E-state index contributed by atoms with van der Waals surface area (Å²) < 4.78 is 39.2. The van der Waals surface area contributed by atoms with Crippen LogP contribution in [0.5, 0.6) is 11.8 Å². The van der Waals surface area contributed by atoms with Crippen LogP contribution in [0.2, 0.25) is 0 Å². The molecule has 2 bridgehead atoms. The Balaban J connectivity index is 0.798. The summed E-state index contributed by atoms with van der Waals surface area (Å²) in [7, 11) is 0. The van der Waals surface area contributed by atoms with Gasteiger partial charge in [0.05, 0.1) is 61.5 Å². The number of rotatable bonds is 17. The second kappa shape index (κ2) is 22.7. The quantitative estimate of drug-likeness (QED) is 0.0590. The fourth-order valence-electron chi connectivity index (χ4n) is 14.0. The normalized spacial score (nSPS) is 20.4. The number of aromatic nitrogens is 9. The van der Waals surface area contributed by atoms with Crippen molar-refractivity contribution in [3.05, 3.63) is 118 Å². The lowest BCUT2D eigenvalue weighted by Gasteiger charge is -2.35. The van der Waals surface area contributed by atoms with Crippen molar-refractivity contribution < 1.29 is 43.2 Å². The van der Waals surface area contributed by atoms with Crippen molar-refractivity contribution in [3.8, 4) is 34.1 Å². The molecule has 14 rings (SSSR count). The molecule has 5 aromatic heterocycles. The number of hydrogen-bond acceptors (Lipinski definition) is 15. The minimum Gasteiger partial charge on any atom is -0.486 e. The highest BCUT2D eigenvalue weighted by molar-refractivity contribution is 6.07. The Labute approximate surface area is 505 Å². The first kappa shape index (κ1) is 57.0. The first-order valence-electron chi connectivity index (χ1n) is 30.6. The second-order valence-corrected chi connectivity index (χ2v) is 24.6.